The Labute approximate surface area is 215 Å². The summed E-state index contributed by atoms with van der Waals surface area (Å²) in [4.78, 5) is 33.4. The fourth-order valence-corrected chi connectivity index (χ4v) is 5.88. The first-order chi connectivity index (χ1) is 16.7. The molecule has 35 heavy (non-hydrogen) atoms. The molecule has 1 amide bonds. The summed E-state index contributed by atoms with van der Waals surface area (Å²) < 4.78 is 0. The average Bonchev–Trinajstić information content (AvgIpc) is 2.82. The molecule has 0 aliphatic heterocycles. The molecule has 3 rings (SSSR count). The predicted molar refractivity (Wildman–Crippen MR) is 146 cm³/mol. The van der Waals surface area contributed by atoms with Gasteiger partial charge in [-0.3, -0.25) is 9.59 Å². The number of pyridine rings is 1. The number of halogens is 1. The van der Waals surface area contributed by atoms with Gasteiger partial charge >= 0.3 is 0 Å². The highest BCUT2D eigenvalue weighted by molar-refractivity contribution is 6.31. The summed E-state index contributed by atoms with van der Waals surface area (Å²) >= 11 is 6.53. The Balaban J connectivity index is 1.79. The Hall–Kier alpha value is -2.31. The van der Waals surface area contributed by atoms with Crippen LogP contribution >= 0.6 is 11.6 Å². The van der Waals surface area contributed by atoms with Gasteiger partial charge in [-0.15, -0.1) is 0 Å². The molecule has 0 saturated heterocycles. The molecule has 1 aliphatic rings. The summed E-state index contributed by atoms with van der Waals surface area (Å²) in [5, 5.41) is 3.49. The van der Waals surface area contributed by atoms with Crippen LogP contribution in [0.3, 0.4) is 0 Å². The van der Waals surface area contributed by atoms with Gasteiger partial charge in [0, 0.05) is 52.7 Å². The number of benzene rings is 1. The van der Waals surface area contributed by atoms with Crippen molar-refractivity contribution in [3.8, 4) is 0 Å². The first-order valence-electron chi connectivity index (χ1n) is 13.0. The molecule has 1 fully saturated rings. The fraction of sp³-hybridized carbons (Fsp3) is 0.571. The van der Waals surface area contributed by atoms with Gasteiger partial charge in [0.2, 0.25) is 0 Å². The van der Waals surface area contributed by atoms with Gasteiger partial charge in [0.15, 0.2) is 0 Å². The zero-order chi connectivity index (χ0) is 25.7. The number of anilines is 1. The largest absolute Gasteiger partial charge is 0.369 e. The van der Waals surface area contributed by atoms with Gasteiger partial charge in [0.25, 0.3) is 11.5 Å². The van der Waals surface area contributed by atoms with E-state index in [9.17, 15) is 9.59 Å². The van der Waals surface area contributed by atoms with Crippen LogP contribution in [0.4, 0.5) is 5.69 Å². The number of nitrogens with one attached hydrogen (secondary N) is 2. The molecular formula is C28H41ClN4O2. The molecule has 0 unspecified atom stereocenters. The summed E-state index contributed by atoms with van der Waals surface area (Å²) in [7, 11) is 0. The normalized spacial score (nSPS) is 18.1. The maximum atomic E-state index is 13.2. The first kappa shape index (κ1) is 27.3. The van der Waals surface area contributed by atoms with Crippen LogP contribution in [0.5, 0.6) is 0 Å². The standard InChI is InChI=1S/C28H41ClN4O2/c1-7-32(8-2)22-10-12-23(13-11-22)33(9-3)26-16-21(29)15-24(20(26)6)27(34)30-17-25-18(4)14-19(5)31-28(25)35/h14-16,22-23H,7-13,17H2,1-6H3,(H,30,34)(H,31,35)/t22-,23-. The second-order valence-electron chi connectivity index (χ2n) is 9.69. The number of amides is 1. The van der Waals surface area contributed by atoms with Gasteiger partial charge in [0.1, 0.15) is 0 Å². The molecular weight excluding hydrogens is 460 g/mol. The minimum absolute atomic E-state index is 0.163. The monoisotopic (exact) mass is 500 g/mol. The number of carbonyl (C=O) groups excluding carboxylic acids is 1. The zero-order valence-electron chi connectivity index (χ0n) is 22.1. The molecule has 0 spiro atoms. The number of H-pyrrole nitrogens is 1. The number of aromatic nitrogens is 1. The van der Waals surface area contributed by atoms with Crippen molar-refractivity contribution in [2.75, 3.05) is 24.5 Å². The van der Waals surface area contributed by atoms with Crippen LogP contribution in [0.15, 0.2) is 23.0 Å². The van der Waals surface area contributed by atoms with Crippen molar-refractivity contribution in [1.29, 1.82) is 0 Å². The van der Waals surface area contributed by atoms with E-state index in [2.05, 4.69) is 40.9 Å². The number of nitrogens with zero attached hydrogens (tertiary/aromatic N) is 2. The van der Waals surface area contributed by atoms with E-state index in [4.69, 9.17) is 11.6 Å². The summed E-state index contributed by atoms with van der Waals surface area (Å²) in [5.41, 5.74) is 4.60. The fourth-order valence-electron chi connectivity index (χ4n) is 5.66. The lowest BCUT2D eigenvalue weighted by molar-refractivity contribution is 0.0950. The molecule has 0 radical (unpaired) electrons. The third-order valence-corrected chi connectivity index (χ3v) is 7.81. The lowest BCUT2D eigenvalue weighted by Gasteiger charge is -2.41. The minimum atomic E-state index is -0.216. The Morgan fingerprint density at radius 1 is 1.00 bits per heavy atom. The second-order valence-corrected chi connectivity index (χ2v) is 10.1. The minimum Gasteiger partial charge on any atom is -0.369 e. The van der Waals surface area contributed by atoms with Crippen LogP contribution in [-0.4, -0.2) is 47.5 Å². The lowest BCUT2D eigenvalue weighted by Crippen LogP contribution is -2.44. The van der Waals surface area contributed by atoms with Gasteiger partial charge < -0.3 is 20.1 Å². The molecule has 1 heterocycles. The third-order valence-electron chi connectivity index (χ3n) is 7.60. The number of rotatable bonds is 9. The number of carbonyl (C=O) groups is 1. The average molecular weight is 501 g/mol. The van der Waals surface area contributed by atoms with Crippen molar-refractivity contribution in [3.05, 3.63) is 61.5 Å². The summed E-state index contributed by atoms with van der Waals surface area (Å²) in [6, 6.07) is 6.73. The molecule has 1 aliphatic carbocycles. The van der Waals surface area contributed by atoms with Gasteiger partial charge in [-0.1, -0.05) is 25.4 Å². The van der Waals surface area contributed by atoms with Crippen LogP contribution in [0.2, 0.25) is 5.02 Å². The molecule has 0 atom stereocenters. The van der Waals surface area contributed by atoms with Crippen LogP contribution in [0.25, 0.3) is 0 Å². The van der Waals surface area contributed by atoms with E-state index in [1.165, 1.54) is 12.8 Å². The van der Waals surface area contributed by atoms with Gasteiger partial charge in [0.05, 0.1) is 0 Å². The maximum absolute atomic E-state index is 13.2. The summed E-state index contributed by atoms with van der Waals surface area (Å²) in [6.07, 6.45) is 4.66. The van der Waals surface area contributed by atoms with E-state index in [-0.39, 0.29) is 18.0 Å². The number of aromatic amines is 1. The molecule has 192 valence electrons. The van der Waals surface area contributed by atoms with Crippen molar-refractivity contribution in [2.24, 2.45) is 0 Å². The molecule has 0 bridgehead atoms. The van der Waals surface area contributed by atoms with Crippen molar-refractivity contribution in [1.82, 2.24) is 15.2 Å². The Morgan fingerprint density at radius 3 is 2.20 bits per heavy atom. The lowest BCUT2D eigenvalue weighted by atomic mass is 9.88. The summed E-state index contributed by atoms with van der Waals surface area (Å²) in [5.74, 6) is -0.216. The van der Waals surface area contributed by atoms with E-state index < -0.39 is 0 Å². The molecule has 2 N–H and O–H groups in total. The number of hydrogen-bond donors (Lipinski definition) is 2. The van der Waals surface area contributed by atoms with Gasteiger partial charge in [-0.2, -0.15) is 0 Å². The molecule has 1 aromatic heterocycles. The highest BCUT2D eigenvalue weighted by Gasteiger charge is 2.29. The van der Waals surface area contributed by atoms with Crippen LogP contribution in [0, 0.1) is 20.8 Å². The molecule has 1 saturated carbocycles. The second kappa shape index (κ2) is 12.1. The Kier molecular flexibility index (Phi) is 9.42. The van der Waals surface area contributed by atoms with Crippen LogP contribution in [0.1, 0.15) is 79.2 Å². The van der Waals surface area contributed by atoms with Crippen molar-refractivity contribution >= 4 is 23.2 Å². The van der Waals surface area contributed by atoms with E-state index in [0.29, 0.717) is 28.2 Å². The van der Waals surface area contributed by atoms with Gasteiger partial charge in [-0.05, 0) is 95.8 Å². The zero-order valence-corrected chi connectivity index (χ0v) is 22.9. The predicted octanol–water partition coefficient (Wildman–Crippen LogP) is 5.36. The van der Waals surface area contributed by atoms with Crippen molar-refractivity contribution < 1.29 is 4.79 Å². The Morgan fingerprint density at radius 2 is 1.63 bits per heavy atom. The molecule has 2 aromatic rings. The smallest absolute Gasteiger partial charge is 0.253 e. The number of aryl methyl sites for hydroxylation is 2. The quantitative estimate of drug-likeness (QED) is 0.486. The van der Waals surface area contributed by atoms with E-state index >= 15 is 0 Å². The van der Waals surface area contributed by atoms with E-state index in [1.54, 1.807) is 6.07 Å². The first-order valence-corrected chi connectivity index (χ1v) is 13.4. The molecule has 6 nitrogen and oxygen atoms in total. The third kappa shape index (κ3) is 6.28. The molecule has 1 aromatic carbocycles. The number of hydrogen-bond acceptors (Lipinski definition) is 4. The van der Waals surface area contributed by atoms with Crippen molar-refractivity contribution in [3.63, 3.8) is 0 Å². The Bertz CT molecular complexity index is 1090. The molecule has 7 heteroatoms. The summed E-state index contributed by atoms with van der Waals surface area (Å²) in [6.45, 7) is 15.6. The highest BCUT2D eigenvalue weighted by atomic mass is 35.5. The van der Waals surface area contributed by atoms with Crippen LogP contribution < -0.4 is 15.8 Å². The van der Waals surface area contributed by atoms with Crippen molar-refractivity contribution in [2.45, 2.75) is 85.9 Å². The highest BCUT2D eigenvalue weighted by Crippen LogP contribution is 2.34. The van der Waals surface area contributed by atoms with E-state index in [1.807, 2.05) is 32.9 Å². The SMILES string of the molecule is CCN(CC)[C@H]1CC[C@H](N(CC)c2cc(Cl)cc(C(=O)NCc3c(C)cc(C)[nH]c3=O)c2C)CC1. The van der Waals surface area contributed by atoms with Crippen LogP contribution in [-0.2, 0) is 6.54 Å². The topological polar surface area (TPSA) is 68.4 Å². The van der Waals surface area contributed by atoms with Gasteiger partial charge in [-0.25, -0.2) is 0 Å². The maximum Gasteiger partial charge on any atom is 0.253 e. The van der Waals surface area contributed by atoms with E-state index in [0.717, 1.165) is 55.0 Å².